The van der Waals surface area contributed by atoms with Crippen molar-refractivity contribution in [2.45, 2.75) is 19.9 Å². The first kappa shape index (κ1) is 14.6. The van der Waals surface area contributed by atoms with Gasteiger partial charge in [-0.15, -0.1) is 0 Å². The van der Waals surface area contributed by atoms with Crippen LogP contribution >= 0.6 is 0 Å². The van der Waals surface area contributed by atoms with Crippen LogP contribution in [0.5, 0.6) is 0 Å². The van der Waals surface area contributed by atoms with Gasteiger partial charge in [-0.1, -0.05) is 13.0 Å². The van der Waals surface area contributed by atoms with Crippen LogP contribution in [0, 0.1) is 17.5 Å². The molecule has 0 aliphatic rings. The van der Waals surface area contributed by atoms with Crippen LogP contribution in [0.2, 0.25) is 0 Å². The van der Waals surface area contributed by atoms with Crippen LogP contribution in [-0.2, 0) is 6.54 Å². The Morgan fingerprint density at radius 3 is 2.25 bits per heavy atom. The average Bonchev–Trinajstić information content (AvgIpc) is 2.40. The summed E-state index contributed by atoms with van der Waals surface area (Å²) in [6.45, 7) is 3.21. The van der Waals surface area contributed by atoms with Crippen LogP contribution in [0.25, 0.3) is 11.1 Å². The first-order chi connectivity index (χ1) is 9.60. The fourth-order valence-electron chi connectivity index (χ4n) is 2.01. The van der Waals surface area contributed by atoms with Crippen LogP contribution in [0.15, 0.2) is 36.4 Å². The van der Waals surface area contributed by atoms with Crippen LogP contribution in [0.4, 0.5) is 13.2 Å². The van der Waals surface area contributed by atoms with E-state index in [2.05, 4.69) is 5.32 Å². The first-order valence-corrected chi connectivity index (χ1v) is 6.55. The molecule has 0 bridgehead atoms. The predicted molar refractivity (Wildman–Crippen MR) is 73.7 cm³/mol. The summed E-state index contributed by atoms with van der Waals surface area (Å²) in [6, 6.07) is 7.75. The van der Waals surface area contributed by atoms with E-state index in [1.54, 1.807) is 6.07 Å². The van der Waals surface area contributed by atoms with Gasteiger partial charge in [0, 0.05) is 18.2 Å². The lowest BCUT2D eigenvalue weighted by Gasteiger charge is -2.08. The minimum absolute atomic E-state index is 0.325. The summed E-state index contributed by atoms with van der Waals surface area (Å²) < 4.78 is 40.1. The van der Waals surface area contributed by atoms with Crippen molar-refractivity contribution in [3.8, 4) is 11.1 Å². The van der Waals surface area contributed by atoms with E-state index in [0.29, 0.717) is 23.2 Å². The largest absolute Gasteiger partial charge is 0.313 e. The summed E-state index contributed by atoms with van der Waals surface area (Å²) in [5, 5.41) is 3.11. The number of hydrogen-bond donors (Lipinski definition) is 1. The van der Waals surface area contributed by atoms with Crippen molar-refractivity contribution >= 4 is 0 Å². The smallest absolute Gasteiger partial charge is 0.127 e. The van der Waals surface area contributed by atoms with Crippen molar-refractivity contribution in [1.82, 2.24) is 5.32 Å². The Bertz CT molecular complexity index is 576. The van der Waals surface area contributed by atoms with Crippen LogP contribution < -0.4 is 5.32 Å². The molecule has 0 atom stereocenters. The summed E-state index contributed by atoms with van der Waals surface area (Å²) in [4.78, 5) is 0. The van der Waals surface area contributed by atoms with E-state index in [1.165, 1.54) is 24.3 Å². The van der Waals surface area contributed by atoms with E-state index in [0.717, 1.165) is 19.0 Å². The van der Waals surface area contributed by atoms with Crippen molar-refractivity contribution in [2.75, 3.05) is 6.54 Å². The summed E-state index contributed by atoms with van der Waals surface area (Å²) in [5.41, 5.74) is 1.48. The molecule has 20 heavy (non-hydrogen) atoms. The van der Waals surface area contributed by atoms with Crippen molar-refractivity contribution in [2.24, 2.45) is 0 Å². The van der Waals surface area contributed by atoms with Gasteiger partial charge in [0.1, 0.15) is 17.5 Å². The molecule has 0 saturated carbocycles. The van der Waals surface area contributed by atoms with E-state index in [9.17, 15) is 13.2 Å². The minimum atomic E-state index is -0.644. The molecule has 2 aromatic rings. The van der Waals surface area contributed by atoms with Crippen molar-refractivity contribution in [3.05, 3.63) is 59.4 Å². The predicted octanol–water partition coefficient (Wildman–Crippen LogP) is 4.27. The maximum absolute atomic E-state index is 13.7. The maximum atomic E-state index is 13.7. The van der Waals surface area contributed by atoms with Gasteiger partial charge in [0.05, 0.1) is 0 Å². The third kappa shape index (κ3) is 3.61. The summed E-state index contributed by atoms with van der Waals surface area (Å²) >= 11 is 0. The summed E-state index contributed by atoms with van der Waals surface area (Å²) in [5.74, 6) is -1.61. The highest BCUT2D eigenvalue weighted by molar-refractivity contribution is 5.64. The van der Waals surface area contributed by atoms with Crippen molar-refractivity contribution in [3.63, 3.8) is 0 Å². The second-order valence-electron chi connectivity index (χ2n) is 4.64. The molecule has 106 valence electrons. The van der Waals surface area contributed by atoms with Gasteiger partial charge in [0.15, 0.2) is 0 Å². The van der Waals surface area contributed by atoms with Gasteiger partial charge in [0.2, 0.25) is 0 Å². The fraction of sp³-hybridized carbons (Fsp3) is 0.250. The SMILES string of the molecule is CCCNCc1cc(-c2cc(F)cc(F)c2)ccc1F. The summed E-state index contributed by atoms with van der Waals surface area (Å²) in [6.07, 6.45) is 0.955. The lowest BCUT2D eigenvalue weighted by Crippen LogP contribution is -2.14. The number of nitrogens with one attached hydrogen (secondary N) is 1. The van der Waals surface area contributed by atoms with Gasteiger partial charge in [-0.05, 0) is 48.4 Å². The normalized spacial score (nSPS) is 10.8. The number of hydrogen-bond acceptors (Lipinski definition) is 1. The molecule has 1 nitrogen and oxygen atoms in total. The molecular weight excluding hydrogens is 263 g/mol. The van der Waals surface area contributed by atoms with E-state index in [-0.39, 0.29) is 5.82 Å². The van der Waals surface area contributed by atoms with Gasteiger partial charge >= 0.3 is 0 Å². The first-order valence-electron chi connectivity index (χ1n) is 6.55. The Morgan fingerprint density at radius 2 is 1.60 bits per heavy atom. The van der Waals surface area contributed by atoms with Crippen LogP contribution in [0.1, 0.15) is 18.9 Å². The molecule has 4 heteroatoms. The molecule has 1 N–H and O–H groups in total. The minimum Gasteiger partial charge on any atom is -0.313 e. The molecular formula is C16H16F3N. The standard InChI is InChI=1S/C16H16F3N/c1-2-5-20-10-13-6-11(3-4-16(13)19)12-7-14(17)9-15(18)8-12/h3-4,6-9,20H,2,5,10H2,1H3. The topological polar surface area (TPSA) is 12.0 Å². The zero-order chi connectivity index (χ0) is 14.5. The molecule has 0 aliphatic heterocycles. The van der Waals surface area contributed by atoms with Gasteiger partial charge in [-0.25, -0.2) is 13.2 Å². The maximum Gasteiger partial charge on any atom is 0.127 e. The van der Waals surface area contributed by atoms with E-state index in [4.69, 9.17) is 0 Å². The van der Waals surface area contributed by atoms with E-state index in [1.807, 2.05) is 6.92 Å². The highest BCUT2D eigenvalue weighted by atomic mass is 19.1. The second kappa shape index (κ2) is 6.57. The molecule has 0 amide bonds. The van der Waals surface area contributed by atoms with Crippen LogP contribution in [-0.4, -0.2) is 6.54 Å². The highest BCUT2D eigenvalue weighted by Crippen LogP contribution is 2.24. The molecule has 0 saturated heterocycles. The number of benzene rings is 2. The van der Waals surface area contributed by atoms with Gasteiger partial charge in [-0.3, -0.25) is 0 Å². The molecule has 0 aliphatic carbocycles. The summed E-state index contributed by atoms with van der Waals surface area (Å²) in [7, 11) is 0. The lowest BCUT2D eigenvalue weighted by atomic mass is 10.0. The molecule has 0 fully saturated rings. The van der Waals surface area contributed by atoms with E-state index < -0.39 is 11.6 Å². The average molecular weight is 279 g/mol. The lowest BCUT2D eigenvalue weighted by molar-refractivity contribution is 0.583. The van der Waals surface area contributed by atoms with E-state index >= 15 is 0 Å². The van der Waals surface area contributed by atoms with Gasteiger partial charge in [-0.2, -0.15) is 0 Å². The molecule has 0 heterocycles. The zero-order valence-corrected chi connectivity index (χ0v) is 11.2. The van der Waals surface area contributed by atoms with Crippen molar-refractivity contribution in [1.29, 1.82) is 0 Å². The molecule has 2 aromatic carbocycles. The molecule has 0 aromatic heterocycles. The quantitative estimate of drug-likeness (QED) is 0.806. The highest BCUT2D eigenvalue weighted by Gasteiger charge is 2.07. The van der Waals surface area contributed by atoms with Crippen LogP contribution in [0.3, 0.4) is 0 Å². The molecule has 2 rings (SSSR count). The molecule has 0 unspecified atom stereocenters. The third-order valence-corrected chi connectivity index (χ3v) is 2.98. The van der Waals surface area contributed by atoms with Gasteiger partial charge < -0.3 is 5.32 Å². The Hall–Kier alpha value is -1.81. The molecule has 0 spiro atoms. The number of rotatable bonds is 5. The fourth-order valence-corrected chi connectivity index (χ4v) is 2.01. The third-order valence-electron chi connectivity index (χ3n) is 2.98. The Balaban J connectivity index is 2.30. The second-order valence-corrected chi connectivity index (χ2v) is 4.64. The van der Waals surface area contributed by atoms with Crippen molar-refractivity contribution < 1.29 is 13.2 Å². The zero-order valence-electron chi connectivity index (χ0n) is 11.2. The number of halogens is 3. The van der Waals surface area contributed by atoms with Gasteiger partial charge in [0.25, 0.3) is 0 Å². The molecule has 0 radical (unpaired) electrons. The monoisotopic (exact) mass is 279 g/mol. The Kier molecular flexibility index (Phi) is 4.79. The Morgan fingerprint density at radius 1 is 0.900 bits per heavy atom. The Labute approximate surface area is 116 Å².